The Bertz CT molecular complexity index is 866. The number of rotatable bonds is 3. The average Bonchev–Trinajstić information content (AvgIpc) is 2.66. The Morgan fingerprint density at radius 2 is 1.61 bits per heavy atom. The second kappa shape index (κ2) is 7.53. The first-order valence-corrected chi connectivity index (χ1v) is 10.4. The van der Waals surface area contributed by atoms with Gasteiger partial charge in [-0.25, -0.2) is 4.39 Å². The van der Waals surface area contributed by atoms with Crippen LogP contribution in [0.2, 0.25) is 0 Å². The third kappa shape index (κ3) is 3.70. The molecule has 0 bridgehead atoms. The topological polar surface area (TPSA) is 0 Å². The quantitative estimate of drug-likeness (QED) is 0.494. The molecule has 2 aliphatic carbocycles. The van der Waals surface area contributed by atoms with Crippen molar-refractivity contribution in [1.29, 1.82) is 0 Å². The summed E-state index contributed by atoms with van der Waals surface area (Å²) in [5, 5.41) is 0. The maximum atomic E-state index is 14.0. The first-order valence-electron chi connectivity index (χ1n) is 10.4. The number of fused-ring (bicyclic) bond motifs is 3. The first kappa shape index (κ1) is 19.5. The van der Waals surface area contributed by atoms with Crippen molar-refractivity contribution in [3.63, 3.8) is 0 Å². The predicted octanol–water partition coefficient (Wildman–Crippen LogP) is 7.02. The Morgan fingerprint density at radius 3 is 2.25 bits per heavy atom. The van der Waals surface area contributed by atoms with E-state index in [2.05, 4.69) is 19.1 Å². The summed E-state index contributed by atoms with van der Waals surface area (Å²) in [5.41, 5.74) is 5.25. The first-order chi connectivity index (χ1) is 13.4. The van der Waals surface area contributed by atoms with Gasteiger partial charge in [0, 0.05) is 0 Å². The molecule has 0 radical (unpaired) electrons. The molecule has 150 valence electrons. The van der Waals surface area contributed by atoms with Crippen LogP contribution in [0, 0.1) is 11.7 Å². The molecule has 0 nitrogen and oxygen atoms in total. The zero-order chi connectivity index (χ0) is 19.9. The van der Waals surface area contributed by atoms with Gasteiger partial charge in [0.2, 0.25) is 0 Å². The fraction of sp³-hybridized carbons (Fsp3) is 0.500. The summed E-state index contributed by atoms with van der Waals surface area (Å²) in [6, 6.07) is 7.89. The van der Waals surface area contributed by atoms with Crippen LogP contribution in [-0.2, 0) is 31.9 Å². The zero-order valence-electron chi connectivity index (χ0n) is 16.2. The van der Waals surface area contributed by atoms with E-state index in [4.69, 9.17) is 0 Å². The molecule has 0 aliphatic heterocycles. The maximum Gasteiger partial charge on any atom is 0.419 e. The summed E-state index contributed by atoms with van der Waals surface area (Å²) in [5.74, 6) is -0.288. The van der Waals surface area contributed by atoms with E-state index in [0.717, 1.165) is 43.7 Å². The highest BCUT2D eigenvalue weighted by molar-refractivity contribution is 5.45. The summed E-state index contributed by atoms with van der Waals surface area (Å²) >= 11 is 0. The van der Waals surface area contributed by atoms with Gasteiger partial charge in [-0.1, -0.05) is 38.0 Å². The van der Waals surface area contributed by atoms with E-state index >= 15 is 0 Å². The van der Waals surface area contributed by atoms with E-state index in [9.17, 15) is 17.6 Å². The van der Waals surface area contributed by atoms with Crippen LogP contribution in [0.15, 0.2) is 30.3 Å². The lowest BCUT2D eigenvalue weighted by molar-refractivity contribution is -0.140. The van der Waals surface area contributed by atoms with Crippen molar-refractivity contribution in [2.75, 3.05) is 0 Å². The minimum Gasteiger partial charge on any atom is -0.206 e. The minimum absolute atomic E-state index is 0.0822. The van der Waals surface area contributed by atoms with Crippen molar-refractivity contribution >= 4 is 0 Å². The summed E-state index contributed by atoms with van der Waals surface area (Å²) in [7, 11) is 0. The van der Waals surface area contributed by atoms with E-state index in [1.165, 1.54) is 54.0 Å². The van der Waals surface area contributed by atoms with E-state index in [0.29, 0.717) is 5.56 Å². The van der Waals surface area contributed by atoms with Gasteiger partial charge in [0.05, 0.1) is 5.56 Å². The highest BCUT2D eigenvalue weighted by atomic mass is 19.4. The largest absolute Gasteiger partial charge is 0.419 e. The molecule has 2 unspecified atom stereocenters. The van der Waals surface area contributed by atoms with Gasteiger partial charge in [-0.15, -0.1) is 0 Å². The minimum atomic E-state index is -4.64. The zero-order valence-corrected chi connectivity index (χ0v) is 16.2. The number of hydrogen-bond donors (Lipinski definition) is 0. The molecule has 2 atom stereocenters. The average molecular weight is 390 g/mol. The third-order valence-corrected chi connectivity index (χ3v) is 6.61. The smallest absolute Gasteiger partial charge is 0.206 e. The molecule has 0 heterocycles. The summed E-state index contributed by atoms with van der Waals surface area (Å²) in [6.45, 7) is 2.24. The summed E-state index contributed by atoms with van der Waals surface area (Å²) < 4.78 is 52.4. The summed E-state index contributed by atoms with van der Waals surface area (Å²) in [4.78, 5) is 0. The lowest BCUT2D eigenvalue weighted by Crippen LogP contribution is -2.20. The normalized spacial score (nSPS) is 21.9. The van der Waals surface area contributed by atoms with Crippen molar-refractivity contribution in [3.05, 3.63) is 69.5 Å². The van der Waals surface area contributed by atoms with Crippen molar-refractivity contribution in [3.8, 4) is 0 Å². The van der Waals surface area contributed by atoms with Crippen LogP contribution >= 0.6 is 0 Å². The molecule has 0 spiro atoms. The van der Waals surface area contributed by atoms with Gasteiger partial charge in [-0.2, -0.15) is 13.2 Å². The number of alkyl halides is 3. The molecule has 0 amide bonds. The van der Waals surface area contributed by atoms with Gasteiger partial charge in [-0.3, -0.25) is 0 Å². The highest BCUT2D eigenvalue weighted by Crippen LogP contribution is 2.40. The van der Waals surface area contributed by atoms with Crippen molar-refractivity contribution in [2.45, 2.75) is 70.4 Å². The van der Waals surface area contributed by atoms with Crippen LogP contribution in [0.3, 0.4) is 0 Å². The SMILES string of the molecule is CCCC1CCc2c(ccc3c2CCC(c2ccc(C(F)(F)F)c(F)c2)C3)C1. The molecule has 2 aromatic carbocycles. The molecule has 2 aliphatic rings. The third-order valence-electron chi connectivity index (χ3n) is 6.61. The van der Waals surface area contributed by atoms with Gasteiger partial charge < -0.3 is 0 Å². The number of halogens is 4. The van der Waals surface area contributed by atoms with Gasteiger partial charge in [0.15, 0.2) is 0 Å². The van der Waals surface area contributed by atoms with Crippen LogP contribution in [0.4, 0.5) is 17.6 Å². The molecule has 0 saturated heterocycles. The Balaban J connectivity index is 1.56. The maximum absolute atomic E-state index is 14.0. The lowest BCUT2D eigenvalue weighted by atomic mass is 9.73. The molecule has 2 aromatic rings. The van der Waals surface area contributed by atoms with Crippen LogP contribution < -0.4 is 0 Å². The van der Waals surface area contributed by atoms with E-state index in [1.54, 1.807) is 0 Å². The van der Waals surface area contributed by atoms with Crippen LogP contribution in [-0.4, -0.2) is 0 Å². The molecule has 0 aromatic heterocycles. The van der Waals surface area contributed by atoms with Gasteiger partial charge in [0.1, 0.15) is 5.82 Å². The monoisotopic (exact) mass is 390 g/mol. The van der Waals surface area contributed by atoms with Gasteiger partial charge >= 0.3 is 6.18 Å². The second-order valence-corrected chi connectivity index (χ2v) is 8.42. The Labute approximate surface area is 164 Å². The predicted molar refractivity (Wildman–Crippen MR) is 103 cm³/mol. The van der Waals surface area contributed by atoms with Crippen LogP contribution in [0.1, 0.15) is 71.9 Å². The lowest BCUT2D eigenvalue weighted by Gasteiger charge is -2.32. The summed E-state index contributed by atoms with van der Waals surface area (Å²) in [6.07, 6.45) is 4.03. The van der Waals surface area contributed by atoms with Crippen molar-refractivity contribution in [1.82, 2.24) is 0 Å². The van der Waals surface area contributed by atoms with Crippen LogP contribution in [0.25, 0.3) is 0 Å². The van der Waals surface area contributed by atoms with Crippen LogP contribution in [0.5, 0.6) is 0 Å². The van der Waals surface area contributed by atoms with E-state index in [-0.39, 0.29) is 5.92 Å². The standard InChI is InChI=1S/C24H26F4/c1-2-3-15-4-9-20-18(12-15)5-6-19-13-16(7-10-21(19)20)17-8-11-22(23(25)14-17)24(26,27)28/h5-6,8,11,14-16H,2-4,7,9-10,12-13H2,1H3. The molecule has 28 heavy (non-hydrogen) atoms. The molecular formula is C24H26F4. The van der Waals surface area contributed by atoms with E-state index in [1.807, 2.05) is 0 Å². The highest BCUT2D eigenvalue weighted by Gasteiger charge is 2.34. The molecule has 4 heteroatoms. The second-order valence-electron chi connectivity index (χ2n) is 8.42. The van der Waals surface area contributed by atoms with E-state index < -0.39 is 17.6 Å². The number of hydrogen-bond acceptors (Lipinski definition) is 0. The van der Waals surface area contributed by atoms with Crippen molar-refractivity contribution in [2.24, 2.45) is 5.92 Å². The fourth-order valence-corrected chi connectivity index (χ4v) is 5.20. The van der Waals surface area contributed by atoms with Crippen molar-refractivity contribution < 1.29 is 17.6 Å². The number of benzene rings is 2. The fourth-order valence-electron chi connectivity index (χ4n) is 5.20. The molecule has 0 fully saturated rings. The Hall–Kier alpha value is -1.84. The van der Waals surface area contributed by atoms with Gasteiger partial charge in [-0.05, 0) is 90.3 Å². The molecule has 4 rings (SSSR count). The Morgan fingerprint density at radius 1 is 0.929 bits per heavy atom. The molecular weight excluding hydrogens is 364 g/mol. The Kier molecular flexibility index (Phi) is 5.24. The van der Waals surface area contributed by atoms with Gasteiger partial charge in [0.25, 0.3) is 0 Å². The molecule has 0 N–H and O–H groups in total. The molecule has 0 saturated carbocycles.